The maximum absolute atomic E-state index is 12.4. The molecule has 150 valence electrons. The fourth-order valence-electron chi connectivity index (χ4n) is 3.69. The molecule has 0 saturated carbocycles. The van der Waals surface area contributed by atoms with E-state index in [-0.39, 0.29) is 11.6 Å². The largest absolute Gasteiger partial charge is 0.350 e. The number of nitrogens with zero attached hydrogens (tertiary/aromatic N) is 4. The van der Waals surface area contributed by atoms with E-state index in [9.17, 15) is 14.9 Å². The summed E-state index contributed by atoms with van der Waals surface area (Å²) < 4.78 is 1.63. The Hall–Kier alpha value is -2.74. The van der Waals surface area contributed by atoms with Crippen molar-refractivity contribution in [3.05, 3.63) is 56.9 Å². The van der Waals surface area contributed by atoms with Gasteiger partial charge in [0.15, 0.2) is 0 Å². The summed E-state index contributed by atoms with van der Waals surface area (Å²) in [7, 11) is 0. The number of rotatable bonds is 7. The Morgan fingerprint density at radius 1 is 1.25 bits per heavy atom. The molecule has 1 aromatic heterocycles. The van der Waals surface area contributed by atoms with E-state index in [2.05, 4.69) is 22.2 Å². The summed E-state index contributed by atoms with van der Waals surface area (Å²) in [5.41, 5.74) is 2.54. The van der Waals surface area contributed by atoms with Crippen LogP contribution in [-0.4, -0.2) is 51.2 Å². The number of carbonyl (C=O) groups is 1. The van der Waals surface area contributed by atoms with Crippen molar-refractivity contribution in [2.45, 2.75) is 46.2 Å². The summed E-state index contributed by atoms with van der Waals surface area (Å²) in [5.74, 6) is -0.0839. The number of nitro groups is 1. The molecular formula is C20H27N5O3. The zero-order valence-corrected chi connectivity index (χ0v) is 16.6. The van der Waals surface area contributed by atoms with E-state index in [1.807, 2.05) is 12.1 Å². The standard InChI is InChI=1S/C20H27N5O3/c1-14(23-10-4-5-11-23)12-21-20(26)18-8-6-17(7-9-18)13-24-16(3)19(25(27)28)15(2)22-24/h6-9,14H,4-5,10-13H2,1-3H3,(H,21,26)/t14-/m0/s1. The highest BCUT2D eigenvalue weighted by atomic mass is 16.6. The molecule has 1 aliphatic heterocycles. The van der Waals surface area contributed by atoms with Crippen molar-refractivity contribution in [3.63, 3.8) is 0 Å². The predicted octanol–water partition coefficient (Wildman–Crippen LogP) is 2.67. The highest BCUT2D eigenvalue weighted by Crippen LogP contribution is 2.22. The van der Waals surface area contributed by atoms with Crippen LogP contribution in [0.4, 0.5) is 5.69 Å². The molecule has 1 aromatic carbocycles. The number of hydrogen-bond acceptors (Lipinski definition) is 5. The van der Waals surface area contributed by atoms with Crippen LogP contribution < -0.4 is 5.32 Å². The van der Waals surface area contributed by atoms with Crippen LogP contribution in [0.15, 0.2) is 24.3 Å². The van der Waals surface area contributed by atoms with E-state index in [0.717, 1.165) is 18.7 Å². The topological polar surface area (TPSA) is 93.3 Å². The minimum atomic E-state index is -0.398. The average Bonchev–Trinajstić information content (AvgIpc) is 3.29. The zero-order valence-electron chi connectivity index (χ0n) is 16.6. The minimum Gasteiger partial charge on any atom is -0.350 e. The molecule has 1 N–H and O–H groups in total. The highest BCUT2D eigenvalue weighted by molar-refractivity contribution is 5.94. The number of nitrogens with one attached hydrogen (secondary N) is 1. The summed E-state index contributed by atoms with van der Waals surface area (Å²) in [6.07, 6.45) is 2.47. The van der Waals surface area contributed by atoms with Gasteiger partial charge in [-0.1, -0.05) is 12.1 Å². The summed E-state index contributed by atoms with van der Waals surface area (Å²) >= 11 is 0. The lowest BCUT2D eigenvalue weighted by atomic mass is 10.1. The average molecular weight is 385 g/mol. The van der Waals surface area contributed by atoms with Crippen LogP contribution in [0.2, 0.25) is 0 Å². The van der Waals surface area contributed by atoms with Crippen LogP contribution in [0.1, 0.15) is 47.1 Å². The molecule has 8 nitrogen and oxygen atoms in total. The number of benzene rings is 1. The first-order valence-electron chi connectivity index (χ1n) is 9.66. The van der Waals surface area contributed by atoms with Crippen LogP contribution >= 0.6 is 0 Å². The molecule has 28 heavy (non-hydrogen) atoms. The molecule has 2 aromatic rings. The molecule has 1 fully saturated rings. The first-order valence-corrected chi connectivity index (χ1v) is 9.66. The number of carbonyl (C=O) groups excluding carboxylic acids is 1. The fourth-order valence-corrected chi connectivity index (χ4v) is 3.69. The molecule has 0 aliphatic carbocycles. The molecule has 1 saturated heterocycles. The lowest BCUT2D eigenvalue weighted by Gasteiger charge is -2.23. The van der Waals surface area contributed by atoms with Gasteiger partial charge in [0, 0.05) is 18.2 Å². The van der Waals surface area contributed by atoms with Gasteiger partial charge in [-0.05, 0) is 64.4 Å². The summed E-state index contributed by atoms with van der Waals surface area (Å²) in [6, 6.07) is 7.63. The van der Waals surface area contributed by atoms with E-state index in [1.54, 1.807) is 30.7 Å². The van der Waals surface area contributed by atoms with Gasteiger partial charge in [-0.2, -0.15) is 5.10 Å². The van der Waals surface area contributed by atoms with Crippen LogP contribution in [0, 0.1) is 24.0 Å². The lowest BCUT2D eigenvalue weighted by molar-refractivity contribution is -0.386. The van der Waals surface area contributed by atoms with Gasteiger partial charge in [0.25, 0.3) is 5.91 Å². The van der Waals surface area contributed by atoms with Gasteiger partial charge >= 0.3 is 5.69 Å². The smallest absolute Gasteiger partial charge is 0.312 e. The molecule has 1 atom stereocenters. The second-order valence-electron chi connectivity index (χ2n) is 7.43. The number of aromatic nitrogens is 2. The van der Waals surface area contributed by atoms with Gasteiger partial charge in [-0.15, -0.1) is 0 Å². The Balaban J connectivity index is 1.59. The second kappa shape index (κ2) is 8.52. The molecule has 1 aliphatic rings. The maximum atomic E-state index is 12.4. The molecule has 8 heteroatoms. The van der Waals surface area contributed by atoms with Gasteiger partial charge in [0.2, 0.25) is 0 Å². The number of aryl methyl sites for hydroxylation is 1. The Bertz CT molecular complexity index is 853. The SMILES string of the molecule is Cc1nn(Cc2ccc(C(=O)NC[C@H](C)N3CCCC3)cc2)c(C)c1[N+](=O)[O-]. The van der Waals surface area contributed by atoms with Crippen molar-refractivity contribution >= 4 is 11.6 Å². The van der Waals surface area contributed by atoms with Crippen molar-refractivity contribution in [2.24, 2.45) is 0 Å². The molecule has 3 rings (SSSR count). The van der Waals surface area contributed by atoms with Crippen molar-refractivity contribution in [3.8, 4) is 0 Å². The highest BCUT2D eigenvalue weighted by Gasteiger charge is 2.22. The molecule has 0 radical (unpaired) electrons. The van der Waals surface area contributed by atoms with Crippen molar-refractivity contribution in [1.82, 2.24) is 20.0 Å². The van der Waals surface area contributed by atoms with Gasteiger partial charge in [-0.25, -0.2) is 0 Å². The Kier molecular flexibility index (Phi) is 6.08. The quantitative estimate of drug-likeness (QED) is 0.584. The van der Waals surface area contributed by atoms with E-state index >= 15 is 0 Å². The van der Waals surface area contributed by atoms with Crippen LogP contribution in [-0.2, 0) is 6.54 Å². The summed E-state index contributed by atoms with van der Waals surface area (Å²) in [5, 5.41) is 18.4. The monoisotopic (exact) mass is 385 g/mol. The number of amides is 1. The maximum Gasteiger partial charge on any atom is 0.312 e. The number of likely N-dealkylation sites (tertiary alicyclic amines) is 1. The summed E-state index contributed by atoms with van der Waals surface area (Å²) in [6.45, 7) is 8.75. The van der Waals surface area contributed by atoms with Crippen molar-refractivity contribution < 1.29 is 9.72 Å². The van der Waals surface area contributed by atoms with Gasteiger partial charge in [0.05, 0.1) is 11.5 Å². The van der Waals surface area contributed by atoms with Crippen LogP contribution in [0.25, 0.3) is 0 Å². The van der Waals surface area contributed by atoms with E-state index in [1.165, 1.54) is 12.8 Å². The van der Waals surface area contributed by atoms with Gasteiger partial charge < -0.3 is 5.32 Å². The molecular weight excluding hydrogens is 358 g/mol. The van der Waals surface area contributed by atoms with Crippen LogP contribution in [0.3, 0.4) is 0 Å². The Morgan fingerprint density at radius 3 is 2.46 bits per heavy atom. The van der Waals surface area contributed by atoms with Gasteiger partial charge in [-0.3, -0.25) is 24.5 Å². The minimum absolute atomic E-state index is 0.0584. The third kappa shape index (κ3) is 4.39. The second-order valence-corrected chi connectivity index (χ2v) is 7.43. The first-order chi connectivity index (χ1) is 13.4. The Morgan fingerprint density at radius 2 is 1.89 bits per heavy atom. The molecule has 2 heterocycles. The van der Waals surface area contributed by atoms with E-state index in [4.69, 9.17) is 0 Å². The van der Waals surface area contributed by atoms with Crippen molar-refractivity contribution in [1.29, 1.82) is 0 Å². The first kappa shape index (κ1) is 20.0. The molecule has 0 bridgehead atoms. The third-order valence-corrected chi connectivity index (χ3v) is 5.40. The third-order valence-electron chi connectivity index (χ3n) is 5.40. The zero-order chi connectivity index (χ0) is 20.3. The summed E-state index contributed by atoms with van der Waals surface area (Å²) in [4.78, 5) is 25.5. The fraction of sp³-hybridized carbons (Fsp3) is 0.500. The molecule has 0 spiro atoms. The molecule has 0 unspecified atom stereocenters. The van der Waals surface area contributed by atoms with Gasteiger partial charge in [0.1, 0.15) is 11.4 Å². The Labute approximate surface area is 164 Å². The normalized spacial score (nSPS) is 15.5. The van der Waals surface area contributed by atoms with Crippen LogP contribution in [0.5, 0.6) is 0 Å². The lowest BCUT2D eigenvalue weighted by Crippen LogP contribution is -2.40. The number of hydrogen-bond donors (Lipinski definition) is 1. The molecule has 1 amide bonds. The van der Waals surface area contributed by atoms with E-state index in [0.29, 0.717) is 36.1 Å². The van der Waals surface area contributed by atoms with Crippen molar-refractivity contribution in [2.75, 3.05) is 19.6 Å². The predicted molar refractivity (Wildman–Crippen MR) is 107 cm³/mol. The van der Waals surface area contributed by atoms with E-state index < -0.39 is 4.92 Å².